The number of carbonyl (C=O) groups excluding carboxylic acids is 1. The van der Waals surface area contributed by atoms with Crippen LogP contribution in [0.3, 0.4) is 0 Å². The lowest BCUT2D eigenvalue weighted by molar-refractivity contribution is 0.101. The van der Waals surface area contributed by atoms with Crippen LogP contribution in [0.5, 0.6) is 0 Å². The third kappa shape index (κ3) is 2.30. The fourth-order valence-corrected chi connectivity index (χ4v) is 1.97. The van der Waals surface area contributed by atoms with Gasteiger partial charge in [0.1, 0.15) is 5.69 Å². The van der Waals surface area contributed by atoms with Gasteiger partial charge in [-0.2, -0.15) is 5.10 Å². The number of H-pyrrole nitrogens is 1. The van der Waals surface area contributed by atoms with Crippen molar-refractivity contribution in [2.45, 2.75) is 33.7 Å². The standard InChI is InChI=1S/C13H18N4O/c1-4-7-17-8-5-6-11(17)13(18)14-12-9(2)15-16-10(12)3/h5-6,8H,4,7H2,1-3H3,(H,14,18)(H,15,16). The highest BCUT2D eigenvalue weighted by Gasteiger charge is 2.14. The molecule has 0 fully saturated rings. The lowest BCUT2D eigenvalue weighted by Gasteiger charge is -2.08. The summed E-state index contributed by atoms with van der Waals surface area (Å²) < 4.78 is 1.96. The van der Waals surface area contributed by atoms with Gasteiger partial charge in [0.15, 0.2) is 0 Å². The van der Waals surface area contributed by atoms with Crippen molar-refractivity contribution in [1.82, 2.24) is 14.8 Å². The van der Waals surface area contributed by atoms with Crippen molar-refractivity contribution >= 4 is 11.6 Å². The molecule has 96 valence electrons. The van der Waals surface area contributed by atoms with E-state index in [0.717, 1.165) is 30.0 Å². The summed E-state index contributed by atoms with van der Waals surface area (Å²) in [6.45, 7) is 6.69. The number of aromatic amines is 1. The average molecular weight is 246 g/mol. The van der Waals surface area contributed by atoms with Gasteiger partial charge >= 0.3 is 0 Å². The van der Waals surface area contributed by atoms with E-state index in [1.54, 1.807) is 0 Å². The molecule has 5 heteroatoms. The molecule has 0 saturated heterocycles. The maximum Gasteiger partial charge on any atom is 0.272 e. The normalized spacial score (nSPS) is 10.6. The summed E-state index contributed by atoms with van der Waals surface area (Å²) in [4.78, 5) is 12.2. The monoisotopic (exact) mass is 246 g/mol. The fourth-order valence-electron chi connectivity index (χ4n) is 1.97. The van der Waals surface area contributed by atoms with Crippen LogP contribution in [0.1, 0.15) is 35.2 Å². The molecule has 18 heavy (non-hydrogen) atoms. The minimum atomic E-state index is -0.0962. The zero-order valence-corrected chi connectivity index (χ0v) is 10.9. The number of hydrogen-bond acceptors (Lipinski definition) is 2. The molecule has 2 heterocycles. The highest BCUT2D eigenvalue weighted by molar-refractivity contribution is 6.03. The maximum absolute atomic E-state index is 12.2. The summed E-state index contributed by atoms with van der Waals surface area (Å²) in [5.74, 6) is -0.0962. The number of aromatic nitrogens is 3. The number of nitrogens with one attached hydrogen (secondary N) is 2. The lowest BCUT2D eigenvalue weighted by atomic mass is 10.3. The average Bonchev–Trinajstić information content (AvgIpc) is 2.91. The zero-order chi connectivity index (χ0) is 13.1. The number of amides is 1. The van der Waals surface area contributed by atoms with E-state index in [4.69, 9.17) is 0 Å². The Morgan fingerprint density at radius 1 is 1.50 bits per heavy atom. The van der Waals surface area contributed by atoms with Gasteiger partial charge in [0.25, 0.3) is 5.91 Å². The molecule has 0 aromatic carbocycles. The minimum absolute atomic E-state index is 0.0962. The SMILES string of the molecule is CCCn1cccc1C(=O)Nc1c(C)n[nH]c1C. The Morgan fingerprint density at radius 2 is 2.28 bits per heavy atom. The smallest absolute Gasteiger partial charge is 0.272 e. The summed E-state index contributed by atoms with van der Waals surface area (Å²) in [5.41, 5.74) is 3.12. The molecule has 0 unspecified atom stereocenters. The molecule has 0 aliphatic heterocycles. The predicted molar refractivity (Wildman–Crippen MR) is 70.7 cm³/mol. The second-order valence-electron chi connectivity index (χ2n) is 4.35. The first-order valence-corrected chi connectivity index (χ1v) is 6.11. The van der Waals surface area contributed by atoms with Crippen molar-refractivity contribution in [2.75, 3.05) is 5.32 Å². The van der Waals surface area contributed by atoms with Gasteiger partial charge in [-0.1, -0.05) is 6.92 Å². The summed E-state index contributed by atoms with van der Waals surface area (Å²) >= 11 is 0. The van der Waals surface area contributed by atoms with Gasteiger partial charge in [0, 0.05) is 12.7 Å². The summed E-state index contributed by atoms with van der Waals surface area (Å²) in [5, 5.41) is 9.82. The van der Waals surface area contributed by atoms with Crippen molar-refractivity contribution < 1.29 is 4.79 Å². The third-order valence-corrected chi connectivity index (χ3v) is 2.89. The molecule has 0 atom stereocenters. The second kappa shape index (κ2) is 5.08. The Balaban J connectivity index is 2.20. The molecule has 2 N–H and O–H groups in total. The molecule has 0 saturated carbocycles. The predicted octanol–water partition coefficient (Wildman–Crippen LogP) is 2.49. The second-order valence-corrected chi connectivity index (χ2v) is 4.35. The highest BCUT2D eigenvalue weighted by Crippen LogP contribution is 2.17. The molecule has 2 aromatic heterocycles. The van der Waals surface area contributed by atoms with Crippen LogP contribution in [0.4, 0.5) is 5.69 Å². The number of nitrogens with zero attached hydrogens (tertiary/aromatic N) is 2. The Kier molecular flexibility index (Phi) is 3.50. The molecule has 0 aliphatic carbocycles. The number of carbonyl (C=O) groups is 1. The van der Waals surface area contributed by atoms with E-state index in [2.05, 4.69) is 22.4 Å². The van der Waals surface area contributed by atoms with Crippen LogP contribution < -0.4 is 5.32 Å². The van der Waals surface area contributed by atoms with Crippen molar-refractivity contribution in [2.24, 2.45) is 0 Å². The quantitative estimate of drug-likeness (QED) is 0.870. The fraction of sp³-hybridized carbons (Fsp3) is 0.385. The van der Waals surface area contributed by atoms with Gasteiger partial charge in [0.05, 0.1) is 17.1 Å². The first-order valence-electron chi connectivity index (χ1n) is 6.11. The summed E-state index contributed by atoms with van der Waals surface area (Å²) in [7, 11) is 0. The zero-order valence-electron chi connectivity index (χ0n) is 10.9. The van der Waals surface area contributed by atoms with E-state index in [1.165, 1.54) is 0 Å². The third-order valence-electron chi connectivity index (χ3n) is 2.89. The highest BCUT2D eigenvalue weighted by atomic mass is 16.2. The Hall–Kier alpha value is -2.04. The number of aryl methyl sites for hydroxylation is 3. The summed E-state index contributed by atoms with van der Waals surface area (Å²) in [6.07, 6.45) is 2.92. The van der Waals surface area contributed by atoms with Gasteiger partial charge in [-0.05, 0) is 32.4 Å². The van der Waals surface area contributed by atoms with Gasteiger partial charge in [-0.15, -0.1) is 0 Å². The molecule has 5 nitrogen and oxygen atoms in total. The van der Waals surface area contributed by atoms with Crippen LogP contribution >= 0.6 is 0 Å². The van der Waals surface area contributed by atoms with Crippen LogP contribution in [0.25, 0.3) is 0 Å². The van der Waals surface area contributed by atoms with Crippen LogP contribution in [-0.2, 0) is 6.54 Å². The number of rotatable bonds is 4. The lowest BCUT2D eigenvalue weighted by Crippen LogP contribution is -2.17. The summed E-state index contributed by atoms with van der Waals surface area (Å²) in [6, 6.07) is 3.72. The van der Waals surface area contributed by atoms with Crippen LogP contribution in [0.15, 0.2) is 18.3 Å². The van der Waals surface area contributed by atoms with Gasteiger partial charge in [-0.3, -0.25) is 9.89 Å². The molecule has 0 bridgehead atoms. The maximum atomic E-state index is 12.2. The molecular weight excluding hydrogens is 228 g/mol. The van der Waals surface area contributed by atoms with E-state index in [1.807, 2.05) is 36.7 Å². The van der Waals surface area contributed by atoms with E-state index >= 15 is 0 Å². The molecule has 2 aromatic rings. The molecule has 0 spiro atoms. The van der Waals surface area contributed by atoms with E-state index in [9.17, 15) is 4.79 Å². The largest absolute Gasteiger partial charge is 0.344 e. The van der Waals surface area contributed by atoms with Crippen molar-refractivity contribution in [1.29, 1.82) is 0 Å². The topological polar surface area (TPSA) is 62.7 Å². The first kappa shape index (κ1) is 12.4. The molecule has 0 radical (unpaired) electrons. The minimum Gasteiger partial charge on any atom is -0.344 e. The van der Waals surface area contributed by atoms with Gasteiger partial charge in [-0.25, -0.2) is 0 Å². The van der Waals surface area contributed by atoms with E-state index in [-0.39, 0.29) is 5.91 Å². The van der Waals surface area contributed by atoms with E-state index < -0.39 is 0 Å². The van der Waals surface area contributed by atoms with Crippen LogP contribution in [0.2, 0.25) is 0 Å². The molecule has 1 amide bonds. The van der Waals surface area contributed by atoms with Crippen LogP contribution in [0, 0.1) is 13.8 Å². The molecule has 2 rings (SSSR count). The van der Waals surface area contributed by atoms with Crippen molar-refractivity contribution in [3.8, 4) is 0 Å². The Morgan fingerprint density at radius 3 is 2.89 bits per heavy atom. The van der Waals surface area contributed by atoms with Crippen molar-refractivity contribution in [3.63, 3.8) is 0 Å². The molecule has 0 aliphatic rings. The first-order chi connectivity index (χ1) is 8.63. The van der Waals surface area contributed by atoms with E-state index in [0.29, 0.717) is 5.69 Å². The Labute approximate surface area is 106 Å². The number of hydrogen-bond donors (Lipinski definition) is 2. The van der Waals surface area contributed by atoms with Gasteiger partial charge < -0.3 is 9.88 Å². The van der Waals surface area contributed by atoms with Crippen molar-refractivity contribution in [3.05, 3.63) is 35.4 Å². The Bertz CT molecular complexity index is 534. The number of anilines is 1. The molecular formula is C13H18N4O. The van der Waals surface area contributed by atoms with Gasteiger partial charge in [0.2, 0.25) is 0 Å². The van der Waals surface area contributed by atoms with Crippen LogP contribution in [-0.4, -0.2) is 20.7 Å².